The van der Waals surface area contributed by atoms with Gasteiger partial charge < -0.3 is 79.1 Å². The number of amides is 1. The van der Waals surface area contributed by atoms with Gasteiger partial charge >= 0.3 is 17.3 Å². The molecule has 13 aromatic rings. The summed E-state index contributed by atoms with van der Waals surface area (Å²) in [6.07, 6.45) is 4.07. The third-order valence-corrected chi connectivity index (χ3v) is 23.1. The van der Waals surface area contributed by atoms with Crippen LogP contribution in [-0.4, -0.2) is 140 Å². The van der Waals surface area contributed by atoms with Crippen LogP contribution >= 0.6 is 0 Å². The van der Waals surface area contributed by atoms with Gasteiger partial charge in [-0.3, -0.25) is 4.79 Å². The average Bonchev–Trinajstić information content (AvgIpc) is 1.59. The largest absolute Gasteiger partial charge is 0.508 e. The number of methoxy groups -OCH3 is 4. The molecule has 8 N–H and O–H groups in total. The number of nitrogens with two attached hydrogens (primary N) is 1. The Labute approximate surface area is 801 Å². The van der Waals surface area contributed by atoms with Crippen LogP contribution in [0.15, 0.2) is 222 Å². The van der Waals surface area contributed by atoms with Crippen molar-refractivity contribution in [3.05, 3.63) is 300 Å². The quantitative estimate of drug-likeness (QED) is 0.0179. The molecule has 2 heterocycles. The number of carbonyl (C=O) groups is 2. The predicted octanol–water partition coefficient (Wildman–Crippen LogP) is 23.0. The normalized spacial score (nSPS) is 10.8. The Hall–Kier alpha value is -14.6. The van der Waals surface area contributed by atoms with Crippen molar-refractivity contribution in [1.29, 1.82) is 0 Å². The topological polar surface area (TPSA) is 312 Å². The standard InChI is InChI=1S/C30H36N4O3.C29H36N2O3.C22H28N4O4.C18H20O3.C11H18N2O/c1-7-15-33(5)26-17-23(13-14-27(26)36-6)34-29(31-32-30(34)35)25-18-24(20(2)3)21(4)16-28(25)37-19-22-11-9-8-10-12-22;1-7-15-31(5)26-17-23(13-14-27(26)33-6)30-29(32)25-18-24(20(2)3)21(4)16-28(25)34-19-22-11-9-8-10-12-22;1-6-9-25(4)17-10-14(7-8-20(17)30-5)26-21(23-24-22(26)29)16-11-15(13(2)3)18(27)12-19(16)28;1-12(2)15-10-16(18(19)20)17(9-13(15)3)21-11-14-7-5-4-6-8-14;1-4-7-13(2)10-8-9(12)5-6-11(10)14-3/h8-14,16-18,20H,7,15,19H2,1-6H3,(H,32,35);8-14,16-18,20H,7,15,19H2,1-6H3,(H,30,32);7-8,10-13,27-28H,6,9H2,1-5H3,(H,24,29);4-10,12H,11H2,1-3H3,(H,19,20);5-6,8H,4,7,12H2,1-3H3. The predicted molar refractivity (Wildman–Crippen MR) is 551 cm³/mol. The molecule has 0 aliphatic rings. The molecule has 26 heteroatoms. The van der Waals surface area contributed by atoms with Crippen LogP contribution in [0.5, 0.6) is 51.7 Å². The van der Waals surface area contributed by atoms with Gasteiger partial charge in [-0.2, -0.15) is 10.2 Å². The lowest BCUT2D eigenvalue weighted by atomic mass is 9.95. The SMILES string of the molecule is CCCN(C)c1cc(-n2c(-c3cc(C(C)C)c(C)cc3OCc3ccccc3)n[nH]c2=O)ccc1OC.CCCN(C)c1cc(-n2c(-c3cc(C(C)C)c(O)cc3O)n[nH]c2=O)ccc1OC.CCCN(C)c1cc(N)ccc1OC.CCCN(C)c1cc(NC(=O)c2cc(C(C)C)c(C)cc2OCc2ccccc2)ccc1OC.Cc1cc(OCc2ccccc2)c(C(=O)O)cc1C(C)C. The summed E-state index contributed by atoms with van der Waals surface area (Å²) in [5.41, 5.74) is 23.8. The van der Waals surface area contributed by atoms with E-state index in [0.717, 1.165) is 148 Å². The molecule has 1 amide bonds. The van der Waals surface area contributed by atoms with E-state index < -0.39 is 11.7 Å². The van der Waals surface area contributed by atoms with Crippen molar-refractivity contribution in [2.75, 3.05) is 113 Å². The lowest BCUT2D eigenvalue weighted by molar-refractivity contribution is 0.0691. The number of benzene rings is 11. The van der Waals surface area contributed by atoms with Gasteiger partial charge in [0.15, 0.2) is 11.6 Å². The summed E-state index contributed by atoms with van der Waals surface area (Å²) in [5, 5.41) is 46.8. The first-order chi connectivity index (χ1) is 65.1. The molecule has 0 aliphatic carbocycles. The average molecular weight is 1850 g/mol. The fraction of sp³-hybridized carbons (Fsp3) is 0.345. The molecular formula is C110H138N12O14. The van der Waals surface area contributed by atoms with E-state index in [1.54, 1.807) is 57.3 Å². The first-order valence-corrected chi connectivity index (χ1v) is 46.4. The van der Waals surface area contributed by atoms with Crippen LogP contribution in [0.25, 0.3) is 34.2 Å². The molecule has 0 saturated carbocycles. The molecule has 0 aliphatic heterocycles. The van der Waals surface area contributed by atoms with Gasteiger partial charge in [0.2, 0.25) is 0 Å². The lowest BCUT2D eigenvalue weighted by Gasteiger charge is -2.22. The zero-order valence-electron chi connectivity index (χ0n) is 83.3. The maximum absolute atomic E-state index is 13.5. The number of carboxylic acids is 1. The highest BCUT2D eigenvalue weighted by Crippen LogP contribution is 2.42. The zero-order chi connectivity index (χ0) is 99.1. The van der Waals surface area contributed by atoms with Crippen molar-refractivity contribution >= 4 is 46.0 Å². The highest BCUT2D eigenvalue weighted by Gasteiger charge is 2.27. The molecule has 722 valence electrons. The molecule has 0 unspecified atom stereocenters. The van der Waals surface area contributed by atoms with Crippen LogP contribution in [0.2, 0.25) is 0 Å². The molecule has 0 spiro atoms. The molecule has 26 nitrogen and oxygen atoms in total. The van der Waals surface area contributed by atoms with Crippen LogP contribution in [0.1, 0.15) is 209 Å². The number of carbonyl (C=O) groups excluding carboxylic acids is 1. The number of aromatic nitrogens is 6. The van der Waals surface area contributed by atoms with Gasteiger partial charge in [-0.1, -0.05) is 174 Å². The number of nitrogens with one attached hydrogen (secondary N) is 3. The van der Waals surface area contributed by atoms with Crippen molar-refractivity contribution < 1.29 is 58.1 Å². The number of aryl methyl sites for hydroxylation is 3. The van der Waals surface area contributed by atoms with Gasteiger partial charge in [0.25, 0.3) is 5.91 Å². The molecule has 11 aromatic carbocycles. The summed E-state index contributed by atoms with van der Waals surface area (Å²) in [7, 11) is 14.7. The minimum Gasteiger partial charge on any atom is -0.508 e. The lowest BCUT2D eigenvalue weighted by Crippen LogP contribution is -2.20. The van der Waals surface area contributed by atoms with Crippen LogP contribution in [-0.2, 0) is 19.8 Å². The number of phenols is 2. The number of hydrogen-bond donors (Lipinski definition) is 7. The Balaban J connectivity index is 0.000000197. The maximum atomic E-state index is 13.5. The molecule has 0 radical (unpaired) electrons. The first kappa shape index (κ1) is 105. The number of rotatable bonds is 36. The number of H-pyrrole nitrogens is 2. The molecule has 0 fully saturated rings. The van der Waals surface area contributed by atoms with Gasteiger partial charge in [-0.05, 0) is 241 Å². The molecule has 0 saturated heterocycles. The van der Waals surface area contributed by atoms with Gasteiger partial charge in [0.1, 0.15) is 77.1 Å². The van der Waals surface area contributed by atoms with E-state index in [-0.39, 0.29) is 46.3 Å². The van der Waals surface area contributed by atoms with Gasteiger partial charge in [0, 0.05) is 71.8 Å². The number of carboxylic acid groups (broad SMARTS) is 1. The Morgan fingerprint density at radius 3 is 1.12 bits per heavy atom. The highest BCUT2D eigenvalue weighted by molar-refractivity contribution is 6.07. The number of aromatic hydroxyl groups is 2. The number of nitrogen functional groups attached to an aromatic ring is 1. The second-order valence-corrected chi connectivity index (χ2v) is 34.8. The number of ether oxygens (including phenoxy) is 7. The van der Waals surface area contributed by atoms with Crippen molar-refractivity contribution in [3.63, 3.8) is 0 Å². The van der Waals surface area contributed by atoms with Crippen molar-refractivity contribution in [1.82, 2.24) is 29.5 Å². The third kappa shape index (κ3) is 27.6. The smallest absolute Gasteiger partial charge is 0.348 e. The van der Waals surface area contributed by atoms with E-state index in [4.69, 9.17) is 38.9 Å². The fourth-order valence-corrected chi connectivity index (χ4v) is 16.0. The Morgan fingerprint density at radius 1 is 0.397 bits per heavy atom. The van der Waals surface area contributed by atoms with Crippen molar-refractivity contribution in [3.8, 4) is 85.9 Å². The van der Waals surface area contributed by atoms with Gasteiger partial charge in [-0.25, -0.2) is 33.7 Å². The molecule has 13 rings (SSSR count). The molecule has 0 atom stereocenters. The monoisotopic (exact) mass is 1850 g/mol. The second-order valence-electron chi connectivity index (χ2n) is 34.8. The Kier molecular flexibility index (Phi) is 39.0. The summed E-state index contributed by atoms with van der Waals surface area (Å²) in [5.74, 6) is 5.15. The van der Waals surface area contributed by atoms with Crippen LogP contribution in [0, 0.1) is 20.8 Å². The second kappa shape index (κ2) is 50.5. The summed E-state index contributed by atoms with van der Waals surface area (Å²) >= 11 is 0. The molecule has 136 heavy (non-hydrogen) atoms. The Morgan fingerprint density at radius 2 is 0.735 bits per heavy atom. The number of aromatic carboxylic acids is 1. The fourth-order valence-electron chi connectivity index (χ4n) is 16.0. The van der Waals surface area contributed by atoms with E-state index in [2.05, 4.69) is 134 Å². The molecular weight excluding hydrogens is 1710 g/mol. The highest BCUT2D eigenvalue weighted by atomic mass is 16.5. The van der Waals surface area contributed by atoms with Crippen molar-refractivity contribution in [2.45, 2.75) is 173 Å². The van der Waals surface area contributed by atoms with E-state index in [0.29, 0.717) is 94.2 Å². The first-order valence-electron chi connectivity index (χ1n) is 46.4. The van der Waals surface area contributed by atoms with Crippen LogP contribution in [0.3, 0.4) is 0 Å². The molecule has 2 aromatic heterocycles. The van der Waals surface area contributed by atoms with E-state index >= 15 is 0 Å². The number of hydrogen-bond acceptors (Lipinski definition) is 20. The maximum Gasteiger partial charge on any atom is 0.348 e. The minimum atomic E-state index is -0.958. The summed E-state index contributed by atoms with van der Waals surface area (Å²) in [6.45, 7) is 36.0. The zero-order valence-corrected chi connectivity index (χ0v) is 83.3. The number of phenolic OH excluding ortho intramolecular Hbond substituents is 2. The van der Waals surface area contributed by atoms with Gasteiger partial charge in [0.05, 0.1) is 79.3 Å². The van der Waals surface area contributed by atoms with E-state index in [1.165, 1.54) is 16.2 Å². The summed E-state index contributed by atoms with van der Waals surface area (Å²) in [6, 6.07) is 66.9. The molecule has 0 bridgehead atoms. The van der Waals surface area contributed by atoms with Crippen LogP contribution in [0.4, 0.5) is 34.1 Å². The summed E-state index contributed by atoms with van der Waals surface area (Å²) < 4.78 is 43.1. The van der Waals surface area contributed by atoms with Crippen LogP contribution < -0.4 is 75.2 Å². The number of anilines is 6. The Bertz CT molecular complexity index is 6210. The van der Waals surface area contributed by atoms with E-state index in [9.17, 15) is 34.5 Å². The summed E-state index contributed by atoms with van der Waals surface area (Å²) in [4.78, 5) is 59.1. The van der Waals surface area contributed by atoms with E-state index in [1.807, 2.05) is 225 Å². The van der Waals surface area contributed by atoms with Gasteiger partial charge in [-0.15, -0.1) is 0 Å². The minimum absolute atomic E-state index is 0.00334. The number of nitrogens with zero attached hydrogens (tertiary/aromatic N) is 8. The third-order valence-electron chi connectivity index (χ3n) is 23.1. The van der Waals surface area contributed by atoms with Crippen molar-refractivity contribution in [2.24, 2.45) is 0 Å². The number of aromatic amines is 2.